The van der Waals surface area contributed by atoms with Gasteiger partial charge in [0.15, 0.2) is 17.1 Å². The molecule has 1 unspecified atom stereocenters. The minimum Gasteiger partial charge on any atom is -0.462 e. The van der Waals surface area contributed by atoms with Crippen LogP contribution in [0.3, 0.4) is 0 Å². The molecule has 0 bridgehead atoms. The number of nitrogens with zero attached hydrogens (tertiary/aromatic N) is 2. The first kappa shape index (κ1) is 20.2. The molecular formula is C26H24FN3O3. The molecule has 1 aromatic carbocycles. The van der Waals surface area contributed by atoms with Crippen LogP contribution in [0.2, 0.25) is 0 Å². The second kappa shape index (κ2) is 7.28. The average molecular weight is 445 g/mol. The standard InChI is InChI=1S/C26H24FN3O3/c1-25(18-3-2-8-29-14-18)7-4-22-20(13-25)26(15-32-24(28)30-26)19-11-17(12-21(27)23(19)33-22)16-5-9-31-10-6-16/h2-5,8,11-14H,6-7,9-10,15H2,1H3,(H2,28,30)/t25?,26-/m1/s1. The Morgan fingerprint density at radius 3 is 2.85 bits per heavy atom. The van der Waals surface area contributed by atoms with Gasteiger partial charge in [-0.2, -0.15) is 0 Å². The van der Waals surface area contributed by atoms with Crippen molar-refractivity contribution in [2.45, 2.75) is 30.7 Å². The van der Waals surface area contributed by atoms with Crippen LogP contribution in [-0.2, 0) is 20.4 Å². The Morgan fingerprint density at radius 2 is 2.12 bits per heavy atom. The fourth-order valence-corrected chi connectivity index (χ4v) is 5.13. The molecule has 0 fully saturated rings. The van der Waals surface area contributed by atoms with E-state index in [9.17, 15) is 0 Å². The predicted molar refractivity (Wildman–Crippen MR) is 122 cm³/mol. The maximum atomic E-state index is 15.4. The van der Waals surface area contributed by atoms with E-state index in [1.54, 1.807) is 6.20 Å². The zero-order valence-electron chi connectivity index (χ0n) is 18.3. The summed E-state index contributed by atoms with van der Waals surface area (Å²) in [4.78, 5) is 9.05. The Hall–Kier alpha value is -3.45. The van der Waals surface area contributed by atoms with Gasteiger partial charge in [-0.3, -0.25) is 4.98 Å². The molecule has 2 atom stereocenters. The second-order valence-electron chi connectivity index (χ2n) is 9.08. The lowest BCUT2D eigenvalue weighted by atomic mass is 9.69. The first-order valence-corrected chi connectivity index (χ1v) is 11.1. The fraction of sp³-hybridized carbons (Fsp3) is 0.308. The fourth-order valence-electron chi connectivity index (χ4n) is 5.13. The van der Waals surface area contributed by atoms with Crippen molar-refractivity contribution in [3.05, 3.63) is 88.7 Å². The molecule has 2 aromatic rings. The van der Waals surface area contributed by atoms with E-state index in [0.29, 0.717) is 31.0 Å². The van der Waals surface area contributed by atoms with Gasteiger partial charge in [-0.25, -0.2) is 9.38 Å². The summed E-state index contributed by atoms with van der Waals surface area (Å²) in [5.41, 5.74) is 9.12. The van der Waals surface area contributed by atoms with E-state index in [0.717, 1.165) is 28.7 Å². The highest BCUT2D eigenvalue weighted by Gasteiger charge is 2.51. The van der Waals surface area contributed by atoms with Crippen LogP contribution < -0.4 is 10.5 Å². The molecule has 6 rings (SSSR count). The first-order valence-electron chi connectivity index (χ1n) is 11.1. The highest BCUT2D eigenvalue weighted by Crippen LogP contribution is 2.54. The second-order valence-corrected chi connectivity index (χ2v) is 9.08. The number of benzene rings is 1. The van der Waals surface area contributed by atoms with Crippen molar-refractivity contribution in [1.29, 1.82) is 0 Å². The number of aromatic nitrogens is 1. The van der Waals surface area contributed by atoms with Crippen LogP contribution in [-0.4, -0.2) is 30.8 Å². The minimum atomic E-state index is -0.976. The number of halogens is 1. The van der Waals surface area contributed by atoms with Gasteiger partial charge in [0.05, 0.1) is 13.2 Å². The third-order valence-corrected chi connectivity index (χ3v) is 6.97. The summed E-state index contributed by atoms with van der Waals surface area (Å²) in [5.74, 6) is 0.361. The number of aliphatic imine (C=N–C) groups is 1. The molecule has 0 amide bonds. The molecule has 0 saturated heterocycles. The Labute approximate surface area is 191 Å². The molecular weight excluding hydrogens is 421 g/mol. The highest BCUT2D eigenvalue weighted by molar-refractivity contribution is 5.78. The van der Waals surface area contributed by atoms with Gasteiger partial charge in [-0.1, -0.05) is 25.1 Å². The number of ether oxygens (including phenoxy) is 3. The van der Waals surface area contributed by atoms with Crippen LogP contribution in [0.5, 0.6) is 5.75 Å². The van der Waals surface area contributed by atoms with E-state index in [4.69, 9.17) is 24.9 Å². The molecule has 7 heteroatoms. The largest absolute Gasteiger partial charge is 0.462 e. The molecule has 0 radical (unpaired) electrons. The van der Waals surface area contributed by atoms with E-state index >= 15 is 4.39 Å². The Kier molecular flexibility index (Phi) is 4.45. The number of fused-ring (bicyclic) bond motifs is 4. The summed E-state index contributed by atoms with van der Waals surface area (Å²) < 4.78 is 32.7. The summed E-state index contributed by atoms with van der Waals surface area (Å²) in [6.07, 6.45) is 11.2. The monoisotopic (exact) mass is 445 g/mol. The van der Waals surface area contributed by atoms with Crippen molar-refractivity contribution < 1.29 is 18.6 Å². The summed E-state index contributed by atoms with van der Waals surface area (Å²) in [6, 6.07) is 7.58. The van der Waals surface area contributed by atoms with Crippen molar-refractivity contribution in [1.82, 2.24) is 4.98 Å². The number of nitrogens with two attached hydrogens (primary N) is 1. The third kappa shape index (κ3) is 3.10. The number of pyridine rings is 1. The molecule has 2 N–H and O–H groups in total. The summed E-state index contributed by atoms with van der Waals surface area (Å²) >= 11 is 0. The van der Waals surface area contributed by atoms with Gasteiger partial charge in [-0.15, -0.1) is 0 Å². The number of amidine groups is 1. The molecule has 4 aliphatic rings. The lowest BCUT2D eigenvalue weighted by molar-refractivity contribution is 0.161. The van der Waals surface area contributed by atoms with Crippen molar-refractivity contribution in [3.63, 3.8) is 0 Å². The summed E-state index contributed by atoms with van der Waals surface area (Å²) in [6.45, 7) is 3.47. The van der Waals surface area contributed by atoms with Crippen molar-refractivity contribution in [3.8, 4) is 5.75 Å². The summed E-state index contributed by atoms with van der Waals surface area (Å²) in [7, 11) is 0. The van der Waals surface area contributed by atoms with Gasteiger partial charge >= 0.3 is 0 Å². The third-order valence-electron chi connectivity index (χ3n) is 6.97. The van der Waals surface area contributed by atoms with E-state index < -0.39 is 11.4 Å². The summed E-state index contributed by atoms with van der Waals surface area (Å²) in [5, 5.41) is 0. The van der Waals surface area contributed by atoms with Gasteiger partial charge in [0.25, 0.3) is 6.02 Å². The predicted octanol–water partition coefficient (Wildman–Crippen LogP) is 4.13. The van der Waals surface area contributed by atoms with Gasteiger partial charge in [0.1, 0.15) is 12.4 Å². The zero-order chi connectivity index (χ0) is 22.6. The molecule has 1 spiro atoms. The number of hydrogen-bond acceptors (Lipinski definition) is 6. The van der Waals surface area contributed by atoms with E-state index in [-0.39, 0.29) is 23.8 Å². The molecule has 33 heavy (non-hydrogen) atoms. The highest BCUT2D eigenvalue weighted by atomic mass is 19.1. The van der Waals surface area contributed by atoms with Crippen molar-refractivity contribution in [2.75, 3.05) is 19.8 Å². The Balaban J connectivity index is 1.56. The van der Waals surface area contributed by atoms with Gasteiger partial charge in [0, 0.05) is 28.9 Å². The average Bonchev–Trinajstić information content (AvgIpc) is 3.24. The number of hydrogen-bond donors (Lipinski definition) is 1. The minimum absolute atomic E-state index is 0.0906. The lowest BCUT2D eigenvalue weighted by Gasteiger charge is -2.41. The van der Waals surface area contributed by atoms with Gasteiger partial charge in [0.2, 0.25) is 0 Å². The normalized spacial score (nSPS) is 27.9. The topological polar surface area (TPSA) is 79.0 Å². The zero-order valence-corrected chi connectivity index (χ0v) is 18.3. The molecule has 168 valence electrons. The molecule has 4 heterocycles. The van der Waals surface area contributed by atoms with Crippen LogP contribution in [0.4, 0.5) is 4.39 Å². The smallest absolute Gasteiger partial charge is 0.283 e. The molecule has 0 saturated carbocycles. The van der Waals surface area contributed by atoms with Crippen LogP contribution in [0.1, 0.15) is 36.5 Å². The molecule has 3 aliphatic heterocycles. The molecule has 6 nitrogen and oxygen atoms in total. The Morgan fingerprint density at radius 1 is 1.21 bits per heavy atom. The number of allylic oxidation sites excluding steroid dienone is 2. The van der Waals surface area contributed by atoms with Crippen molar-refractivity contribution in [2.24, 2.45) is 10.7 Å². The van der Waals surface area contributed by atoms with Crippen LogP contribution >= 0.6 is 0 Å². The van der Waals surface area contributed by atoms with Crippen LogP contribution in [0, 0.1) is 5.82 Å². The van der Waals surface area contributed by atoms with E-state index in [1.165, 1.54) is 6.07 Å². The SMILES string of the molecule is CC1(c2cccnc2)C=C2C(=CC1)Oc1c(F)cc(C3=CCOCC3)cc1[C@]21COC(N)=N1. The lowest BCUT2D eigenvalue weighted by Crippen LogP contribution is -2.38. The maximum absolute atomic E-state index is 15.4. The quantitative estimate of drug-likeness (QED) is 0.752. The van der Waals surface area contributed by atoms with E-state index in [1.807, 2.05) is 30.5 Å². The molecule has 1 aliphatic carbocycles. The number of rotatable bonds is 2. The van der Waals surface area contributed by atoms with Gasteiger partial charge < -0.3 is 19.9 Å². The Bertz CT molecular complexity index is 1270. The van der Waals surface area contributed by atoms with Crippen molar-refractivity contribution >= 4 is 11.6 Å². The molecule has 1 aromatic heterocycles. The van der Waals surface area contributed by atoms with E-state index in [2.05, 4.69) is 24.1 Å². The van der Waals surface area contributed by atoms with Gasteiger partial charge in [-0.05, 0) is 53.8 Å². The maximum Gasteiger partial charge on any atom is 0.283 e. The van der Waals surface area contributed by atoms with Crippen LogP contribution in [0.25, 0.3) is 5.57 Å². The first-order chi connectivity index (χ1) is 16.0. The van der Waals surface area contributed by atoms with Crippen LogP contribution in [0.15, 0.2) is 71.2 Å².